The fourth-order valence-electron chi connectivity index (χ4n) is 1.92. The van der Waals surface area contributed by atoms with Crippen molar-refractivity contribution in [1.29, 1.82) is 0 Å². The predicted molar refractivity (Wildman–Crippen MR) is 84.1 cm³/mol. The quantitative estimate of drug-likeness (QED) is 0.768. The number of pyridine rings is 1. The van der Waals surface area contributed by atoms with Crippen molar-refractivity contribution in [2.45, 2.75) is 6.42 Å². The van der Waals surface area contributed by atoms with Gasteiger partial charge in [0.1, 0.15) is 10.8 Å². The minimum atomic E-state index is -0.394. The molecule has 2 aromatic heterocycles. The average molecular weight is 330 g/mol. The number of hydrogen-bond donors (Lipinski definition) is 2. The highest BCUT2D eigenvalue weighted by atomic mass is 32.1. The third-order valence-electron chi connectivity index (χ3n) is 2.98. The third-order valence-corrected chi connectivity index (χ3v) is 3.82. The van der Waals surface area contributed by atoms with Crippen LogP contribution in [0.5, 0.6) is 0 Å². The van der Waals surface area contributed by atoms with Gasteiger partial charge in [-0.1, -0.05) is 23.5 Å². The summed E-state index contributed by atoms with van der Waals surface area (Å²) in [4.78, 5) is 25.4. The third kappa shape index (κ3) is 3.86. The smallest absolute Gasteiger partial charge is 0.258 e. The van der Waals surface area contributed by atoms with Gasteiger partial charge in [0.15, 0.2) is 0 Å². The highest BCUT2D eigenvalue weighted by Gasteiger charge is 2.11. The van der Waals surface area contributed by atoms with Crippen molar-refractivity contribution < 1.29 is 9.18 Å². The number of anilines is 1. The van der Waals surface area contributed by atoms with E-state index in [0.717, 1.165) is 5.56 Å². The topological polar surface area (TPSA) is 87.7 Å². The monoisotopic (exact) mass is 330 g/mol. The van der Waals surface area contributed by atoms with Gasteiger partial charge in [-0.15, -0.1) is 10.2 Å². The molecule has 6 nitrogen and oxygen atoms in total. The van der Waals surface area contributed by atoms with Crippen LogP contribution in [0.25, 0.3) is 0 Å². The van der Waals surface area contributed by atoms with Crippen LogP contribution in [0.3, 0.4) is 0 Å². The van der Waals surface area contributed by atoms with Crippen molar-refractivity contribution in [3.8, 4) is 0 Å². The molecule has 0 saturated carbocycles. The zero-order valence-electron chi connectivity index (χ0n) is 11.7. The summed E-state index contributed by atoms with van der Waals surface area (Å²) in [5.41, 5.74) is 0.806. The molecular weight excluding hydrogens is 319 g/mol. The van der Waals surface area contributed by atoms with Crippen molar-refractivity contribution in [3.05, 3.63) is 74.9 Å². The van der Waals surface area contributed by atoms with Gasteiger partial charge in [-0.2, -0.15) is 0 Å². The lowest BCUT2D eigenvalue weighted by Crippen LogP contribution is -2.14. The largest absolute Gasteiger partial charge is 0.328 e. The number of amides is 1. The molecule has 2 N–H and O–H groups in total. The van der Waals surface area contributed by atoms with Crippen LogP contribution in [-0.4, -0.2) is 21.1 Å². The lowest BCUT2D eigenvalue weighted by Gasteiger charge is -1.99. The Kier molecular flexibility index (Phi) is 4.24. The Hall–Kier alpha value is -2.87. The van der Waals surface area contributed by atoms with Gasteiger partial charge in [0.2, 0.25) is 10.7 Å². The summed E-state index contributed by atoms with van der Waals surface area (Å²) >= 11 is 1.21. The number of nitrogens with zero attached hydrogens (tertiary/aromatic N) is 2. The molecule has 0 atom stereocenters. The summed E-state index contributed by atoms with van der Waals surface area (Å²) in [6.45, 7) is 0. The number of nitrogens with one attached hydrogen (secondary N) is 2. The molecule has 116 valence electrons. The molecule has 3 rings (SSSR count). The van der Waals surface area contributed by atoms with Gasteiger partial charge >= 0.3 is 0 Å². The molecular formula is C15H11FN4O2S. The summed E-state index contributed by atoms with van der Waals surface area (Å²) in [6, 6.07) is 8.92. The summed E-state index contributed by atoms with van der Waals surface area (Å²) < 4.78 is 13.1. The molecule has 0 radical (unpaired) electrons. The Morgan fingerprint density at radius 2 is 2.13 bits per heavy atom. The molecule has 0 spiro atoms. The second kappa shape index (κ2) is 6.49. The molecule has 23 heavy (non-hydrogen) atoms. The number of carbonyl (C=O) groups is 1. The fourth-order valence-corrected chi connectivity index (χ4v) is 2.69. The van der Waals surface area contributed by atoms with Gasteiger partial charge in [0, 0.05) is 18.7 Å². The molecule has 3 aromatic rings. The van der Waals surface area contributed by atoms with Crippen LogP contribution in [0, 0.1) is 5.82 Å². The number of benzene rings is 1. The highest BCUT2D eigenvalue weighted by molar-refractivity contribution is 7.15. The Balaban J connectivity index is 1.68. The Morgan fingerprint density at radius 3 is 2.87 bits per heavy atom. The molecule has 1 amide bonds. The molecule has 0 aliphatic carbocycles. The van der Waals surface area contributed by atoms with Gasteiger partial charge < -0.3 is 4.98 Å². The normalized spacial score (nSPS) is 10.5. The van der Waals surface area contributed by atoms with E-state index in [1.807, 2.05) is 0 Å². The summed E-state index contributed by atoms with van der Waals surface area (Å²) in [5, 5.41) is 11.5. The lowest BCUT2D eigenvalue weighted by atomic mass is 10.1. The molecule has 1 aromatic carbocycles. The van der Waals surface area contributed by atoms with E-state index in [0.29, 0.717) is 22.1 Å². The first-order valence-corrected chi connectivity index (χ1v) is 7.49. The first-order chi connectivity index (χ1) is 11.1. The van der Waals surface area contributed by atoms with Crippen LogP contribution < -0.4 is 10.9 Å². The van der Waals surface area contributed by atoms with Gasteiger partial charge in [-0.25, -0.2) is 4.39 Å². The maximum Gasteiger partial charge on any atom is 0.258 e. The first kappa shape index (κ1) is 15.0. The number of aromatic nitrogens is 3. The number of halogens is 1. The number of H-pyrrole nitrogens is 1. The van der Waals surface area contributed by atoms with E-state index in [1.54, 1.807) is 12.1 Å². The summed E-state index contributed by atoms with van der Waals surface area (Å²) in [6.07, 6.45) is 1.76. The molecule has 0 aliphatic rings. The average Bonchev–Trinajstić information content (AvgIpc) is 2.95. The van der Waals surface area contributed by atoms with Crippen molar-refractivity contribution in [2.75, 3.05) is 5.32 Å². The van der Waals surface area contributed by atoms with Crippen LogP contribution in [-0.2, 0) is 6.42 Å². The highest BCUT2D eigenvalue weighted by Crippen LogP contribution is 2.19. The number of aromatic amines is 1. The van der Waals surface area contributed by atoms with Crippen molar-refractivity contribution >= 4 is 22.4 Å². The first-order valence-electron chi connectivity index (χ1n) is 6.67. The number of rotatable bonds is 4. The van der Waals surface area contributed by atoms with Gasteiger partial charge in [-0.05, 0) is 23.8 Å². The lowest BCUT2D eigenvalue weighted by molar-refractivity contribution is 0.102. The number of hydrogen-bond acceptors (Lipinski definition) is 5. The molecule has 2 heterocycles. The number of carbonyl (C=O) groups excluding carboxylic acids is 1. The van der Waals surface area contributed by atoms with E-state index in [4.69, 9.17) is 0 Å². The van der Waals surface area contributed by atoms with Gasteiger partial charge in [0.05, 0.1) is 5.56 Å². The molecule has 0 unspecified atom stereocenters. The van der Waals surface area contributed by atoms with Crippen LogP contribution in [0.1, 0.15) is 20.9 Å². The Bertz CT molecular complexity index is 886. The molecule has 0 aliphatic heterocycles. The standard InChI is InChI=1S/C15H11FN4O2S/c16-11-3-1-2-9(6-11)7-13-19-20-15(23-13)18-14(22)10-4-5-12(21)17-8-10/h1-6,8H,7H2,(H,17,21)(H,18,20,22). The summed E-state index contributed by atoms with van der Waals surface area (Å²) in [5.74, 6) is -0.701. The molecule has 0 bridgehead atoms. The van der Waals surface area contributed by atoms with E-state index >= 15 is 0 Å². The van der Waals surface area contributed by atoms with Crippen LogP contribution >= 0.6 is 11.3 Å². The second-order valence-electron chi connectivity index (χ2n) is 4.70. The van der Waals surface area contributed by atoms with Crippen molar-refractivity contribution in [2.24, 2.45) is 0 Å². The maximum absolute atomic E-state index is 13.1. The van der Waals surface area contributed by atoms with Crippen molar-refractivity contribution in [1.82, 2.24) is 15.2 Å². The van der Waals surface area contributed by atoms with E-state index < -0.39 is 5.91 Å². The molecule has 0 saturated heterocycles. The van der Waals surface area contributed by atoms with Crippen LogP contribution in [0.15, 0.2) is 47.4 Å². The minimum absolute atomic E-state index is 0.283. The Morgan fingerprint density at radius 1 is 1.26 bits per heavy atom. The van der Waals surface area contributed by atoms with Crippen LogP contribution in [0.2, 0.25) is 0 Å². The fraction of sp³-hybridized carbons (Fsp3) is 0.0667. The van der Waals surface area contributed by atoms with E-state index in [1.165, 1.54) is 41.8 Å². The van der Waals surface area contributed by atoms with E-state index in [9.17, 15) is 14.0 Å². The zero-order chi connectivity index (χ0) is 16.2. The predicted octanol–water partition coefficient (Wildman–Crippen LogP) is 2.21. The molecule has 0 fully saturated rings. The SMILES string of the molecule is O=C(Nc1nnc(Cc2cccc(F)c2)s1)c1ccc(=O)[nH]c1. The van der Waals surface area contributed by atoms with Gasteiger partial charge in [0.25, 0.3) is 5.91 Å². The van der Waals surface area contributed by atoms with E-state index in [2.05, 4.69) is 20.5 Å². The van der Waals surface area contributed by atoms with E-state index in [-0.39, 0.29) is 11.4 Å². The minimum Gasteiger partial charge on any atom is -0.328 e. The summed E-state index contributed by atoms with van der Waals surface area (Å²) in [7, 11) is 0. The molecule has 8 heteroatoms. The van der Waals surface area contributed by atoms with Crippen LogP contribution in [0.4, 0.5) is 9.52 Å². The zero-order valence-corrected chi connectivity index (χ0v) is 12.6. The Labute approximate surface area is 134 Å². The van der Waals surface area contributed by atoms with Crippen molar-refractivity contribution in [3.63, 3.8) is 0 Å². The second-order valence-corrected chi connectivity index (χ2v) is 5.77. The van der Waals surface area contributed by atoms with Gasteiger partial charge in [-0.3, -0.25) is 14.9 Å². The maximum atomic E-state index is 13.1.